The van der Waals surface area contributed by atoms with Crippen LogP contribution in [0.3, 0.4) is 0 Å². The van der Waals surface area contributed by atoms with Crippen molar-refractivity contribution in [2.45, 2.75) is 40.0 Å². The monoisotopic (exact) mass is 842 g/mol. The van der Waals surface area contributed by atoms with Gasteiger partial charge in [-0.3, -0.25) is 9.59 Å². The molecule has 0 saturated heterocycles. The minimum Gasteiger partial charge on any atom is -0.860 e. The third kappa shape index (κ3) is 13.9. The Morgan fingerprint density at radius 2 is 0.810 bits per heavy atom. The zero-order valence-electron chi connectivity index (χ0n) is 32.8. The second-order valence-electron chi connectivity index (χ2n) is 13.3. The predicted molar refractivity (Wildman–Crippen MR) is 222 cm³/mol. The lowest BCUT2D eigenvalue weighted by Gasteiger charge is -2.27. The summed E-state index contributed by atoms with van der Waals surface area (Å²) in [5, 5.41) is 22.9. The van der Waals surface area contributed by atoms with Gasteiger partial charge in [0.15, 0.2) is 11.6 Å². The van der Waals surface area contributed by atoms with Crippen LogP contribution in [0.15, 0.2) is 140 Å². The first-order valence-electron chi connectivity index (χ1n) is 18.7. The summed E-state index contributed by atoms with van der Waals surface area (Å²) in [4.78, 5) is 25.2. The summed E-state index contributed by atoms with van der Waals surface area (Å²) in [5.41, 5.74) is -1.63. The van der Waals surface area contributed by atoms with Crippen molar-refractivity contribution in [3.8, 4) is 5.75 Å². The Bertz CT molecular complexity index is 1850. The molecule has 5 aromatic carbocycles. The molecule has 5 nitrogen and oxygen atoms in total. The maximum atomic E-state index is 12.6. The molecule has 58 heavy (non-hydrogen) atoms. The van der Waals surface area contributed by atoms with Crippen molar-refractivity contribution in [1.82, 2.24) is 0 Å². The largest absolute Gasteiger partial charge is 0.860 e. The van der Waals surface area contributed by atoms with Crippen LogP contribution in [-0.2, 0) is 12.4 Å². The van der Waals surface area contributed by atoms with Crippen LogP contribution in [0.5, 0.6) is 5.75 Å². The molecule has 0 heterocycles. The van der Waals surface area contributed by atoms with Gasteiger partial charge in [-0.25, -0.2) is 0 Å². The van der Waals surface area contributed by atoms with Crippen LogP contribution in [0, 0.1) is 0 Å². The van der Waals surface area contributed by atoms with E-state index in [1.165, 1.54) is 10.6 Å². The first kappa shape index (κ1) is 48.0. The van der Waals surface area contributed by atoms with E-state index in [0.29, 0.717) is 12.3 Å². The zero-order valence-corrected chi connectivity index (χ0v) is 34.6. The van der Waals surface area contributed by atoms with Crippen molar-refractivity contribution in [1.29, 1.82) is 0 Å². The van der Waals surface area contributed by atoms with Gasteiger partial charge in [0, 0.05) is 11.1 Å². The second kappa shape index (κ2) is 22.2. The summed E-state index contributed by atoms with van der Waals surface area (Å²) < 4.78 is 77.5. The molecule has 0 bridgehead atoms. The van der Waals surface area contributed by atoms with E-state index >= 15 is 0 Å². The van der Waals surface area contributed by atoms with Gasteiger partial charge in [0.25, 0.3) is 0 Å². The van der Waals surface area contributed by atoms with Gasteiger partial charge < -0.3 is 14.7 Å². The second-order valence-corrected chi connectivity index (χ2v) is 22.0. The number of carbonyl (C=O) groups is 2. The summed E-state index contributed by atoms with van der Waals surface area (Å²) in [5.74, 6) is -0.509. The van der Waals surface area contributed by atoms with Crippen LogP contribution in [0.1, 0.15) is 59.5 Å². The maximum absolute atomic E-state index is 12.6. The summed E-state index contributed by atoms with van der Waals surface area (Å²) in [6.07, 6.45) is -4.38. The van der Waals surface area contributed by atoms with E-state index in [9.17, 15) is 46.0 Å². The van der Waals surface area contributed by atoms with Gasteiger partial charge in [0.2, 0.25) is 0 Å². The number of halogens is 6. The molecule has 0 atom stereocenters. The van der Waals surface area contributed by atoms with Gasteiger partial charge >= 0.3 is 12.4 Å². The topological polar surface area (TPSA) is 89.5 Å². The average Bonchev–Trinajstić information content (AvgIpc) is 3.22. The van der Waals surface area contributed by atoms with Gasteiger partial charge in [-0.1, -0.05) is 97.1 Å². The van der Waals surface area contributed by atoms with Crippen LogP contribution in [0.4, 0.5) is 26.3 Å². The number of hydrogen-bond donors (Lipinski definition) is 0. The van der Waals surface area contributed by atoms with Crippen molar-refractivity contribution in [3.05, 3.63) is 162 Å². The van der Waals surface area contributed by atoms with Crippen LogP contribution >= 0.6 is 14.5 Å². The van der Waals surface area contributed by atoms with Crippen LogP contribution in [-0.4, -0.2) is 55.9 Å². The molecule has 0 unspecified atom stereocenters. The third-order valence-corrected chi connectivity index (χ3v) is 19.3. The van der Waals surface area contributed by atoms with E-state index in [1.54, 1.807) is 0 Å². The Labute approximate surface area is 338 Å². The van der Waals surface area contributed by atoms with Crippen molar-refractivity contribution in [2.75, 3.05) is 37.0 Å². The summed E-state index contributed by atoms with van der Waals surface area (Å²) in [6, 6.07) is 40.7. The lowest BCUT2D eigenvalue weighted by Crippen LogP contribution is -2.50. The maximum Gasteiger partial charge on any atom is 0.416 e. The molecular weight excluding hydrogens is 795 g/mol. The molecule has 14 heteroatoms. The number of rotatable bonds is 14. The van der Waals surface area contributed by atoms with Crippen LogP contribution < -0.4 is 25.3 Å². The molecular formula is C44H47BF6O5P2. The van der Waals surface area contributed by atoms with Gasteiger partial charge in [-0.05, 0) is 70.2 Å². The van der Waals surface area contributed by atoms with E-state index in [-0.39, 0.29) is 29.8 Å². The molecule has 0 fully saturated rings. The molecule has 0 aliphatic carbocycles. The number of benzene rings is 5. The first-order chi connectivity index (χ1) is 27.4. The normalized spacial score (nSPS) is 11.7. The van der Waals surface area contributed by atoms with Gasteiger partial charge in [0.05, 0.1) is 66.7 Å². The lowest BCUT2D eigenvalue weighted by atomic mass is 10.1. The van der Waals surface area contributed by atoms with E-state index in [4.69, 9.17) is 0 Å². The third-order valence-electron chi connectivity index (χ3n) is 9.91. The van der Waals surface area contributed by atoms with E-state index in [2.05, 4.69) is 80.9 Å². The predicted octanol–water partition coefficient (Wildman–Crippen LogP) is 9.31. The Hall–Kier alpha value is -4.34. The van der Waals surface area contributed by atoms with Gasteiger partial charge in [0.1, 0.15) is 19.6 Å². The minimum absolute atomic E-state index is 0.141. The van der Waals surface area contributed by atoms with Crippen LogP contribution in [0.25, 0.3) is 0 Å². The smallest absolute Gasteiger partial charge is 0.416 e. The molecule has 0 aliphatic rings. The highest BCUT2D eigenvalue weighted by Gasteiger charge is 2.40. The number of ketones is 2. The van der Waals surface area contributed by atoms with Crippen molar-refractivity contribution in [2.24, 2.45) is 0 Å². The summed E-state index contributed by atoms with van der Waals surface area (Å²) in [7, 11) is -5.78. The highest BCUT2D eigenvalue weighted by Crippen LogP contribution is 2.58. The van der Waals surface area contributed by atoms with E-state index in [1.807, 2.05) is 72.8 Å². The number of alkyl halides is 6. The Morgan fingerprint density at radius 3 is 1.07 bits per heavy atom. The van der Waals surface area contributed by atoms with Crippen LogP contribution in [0.2, 0.25) is 0 Å². The van der Waals surface area contributed by atoms with Crippen molar-refractivity contribution in [3.63, 3.8) is 0 Å². The molecule has 0 aromatic heterocycles. The number of Topliss-reactive ketones (excluding diaryl/α,β-unsaturated/α-hetero) is 2. The van der Waals surface area contributed by atoms with Crippen molar-refractivity contribution < 1.29 is 50.6 Å². The standard InChI is InChI=1S/2C18H22OP.C8H3BF6O3/c2*1-3-20(4-2,17-13-9-6-10-14-17)15-18(19)16-11-7-5-8-12-16;10-7(11,12)4-1-5(8(13,14)15)3-6(2-4)18-9(16)17/h2*5-14H,3-4,15H2,1-2H3;1-3H/q2*+1;-2. The van der Waals surface area contributed by atoms with E-state index in [0.717, 1.165) is 35.8 Å². The highest BCUT2D eigenvalue weighted by molar-refractivity contribution is 7.84. The lowest BCUT2D eigenvalue weighted by molar-refractivity contribution is -0.372. The summed E-state index contributed by atoms with van der Waals surface area (Å²) >= 11 is 0. The SMILES string of the molecule is CC[P+](CC)(CC(=O)c1ccccc1)c1ccccc1.CC[P+](CC)(CC(=O)c1ccccc1)c1ccccc1.[O-]B([O-])Oc1cc(C(F)(F)F)cc(C(F)(F)F)c1. The molecule has 5 rings (SSSR count). The van der Waals surface area contributed by atoms with Gasteiger partial charge in [-0.15, -0.1) is 0 Å². The number of carbonyl (C=O) groups excluding carboxylic acids is 2. The number of hydrogen-bond acceptors (Lipinski definition) is 5. The van der Waals surface area contributed by atoms with Crippen molar-refractivity contribution >= 4 is 44.0 Å². The minimum atomic E-state index is -5.05. The fourth-order valence-corrected chi connectivity index (χ4v) is 13.1. The molecule has 308 valence electrons. The summed E-state index contributed by atoms with van der Waals surface area (Å²) in [6.45, 7) is 8.90. The quantitative estimate of drug-likeness (QED) is 0.0482. The Morgan fingerprint density at radius 1 is 0.517 bits per heavy atom. The molecule has 0 saturated carbocycles. The Kier molecular flexibility index (Phi) is 18.3. The molecule has 0 spiro atoms. The highest BCUT2D eigenvalue weighted by atomic mass is 31.2. The molecule has 5 aromatic rings. The molecule has 0 aliphatic heterocycles. The zero-order chi connectivity index (χ0) is 43.0. The average molecular weight is 843 g/mol. The van der Waals surface area contributed by atoms with E-state index < -0.39 is 51.1 Å². The molecule has 0 amide bonds. The molecule has 0 N–H and O–H groups in total. The van der Waals surface area contributed by atoms with Gasteiger partial charge in [-0.2, -0.15) is 26.3 Å². The first-order valence-corrected chi connectivity index (χ1v) is 23.4. The fraction of sp³-hybridized carbons (Fsp3) is 0.273. The fourth-order valence-electron chi connectivity index (χ4n) is 6.38. The molecule has 0 radical (unpaired) electrons. The Balaban J connectivity index is 0.000000233.